The van der Waals surface area contributed by atoms with E-state index in [2.05, 4.69) is 10.2 Å². The van der Waals surface area contributed by atoms with Gasteiger partial charge in [0.05, 0.1) is 0 Å². The molecule has 1 aromatic heterocycles. The number of benzene rings is 2. The number of carbonyl (C=O) groups is 1. The van der Waals surface area contributed by atoms with Crippen LogP contribution in [0, 0.1) is 5.82 Å². The van der Waals surface area contributed by atoms with Gasteiger partial charge in [-0.25, -0.2) is 4.39 Å². The second-order valence-electron chi connectivity index (χ2n) is 6.12. The number of amides is 1. The third-order valence-corrected chi connectivity index (χ3v) is 5.32. The van der Waals surface area contributed by atoms with Crippen molar-refractivity contribution in [1.82, 2.24) is 15.1 Å². The third-order valence-electron chi connectivity index (χ3n) is 4.24. The van der Waals surface area contributed by atoms with Gasteiger partial charge in [-0.2, -0.15) is 0 Å². The van der Waals surface area contributed by atoms with Crippen molar-refractivity contribution >= 4 is 17.7 Å². The summed E-state index contributed by atoms with van der Waals surface area (Å²) >= 11 is 1.22. The van der Waals surface area contributed by atoms with Crippen LogP contribution >= 0.6 is 11.8 Å². The van der Waals surface area contributed by atoms with E-state index in [9.17, 15) is 9.18 Å². The minimum absolute atomic E-state index is 0.00601. The Morgan fingerprint density at radius 1 is 1.10 bits per heavy atom. The van der Waals surface area contributed by atoms with Crippen LogP contribution in [-0.4, -0.2) is 34.1 Å². The van der Waals surface area contributed by atoms with Crippen LogP contribution in [0.25, 0.3) is 0 Å². The highest BCUT2D eigenvalue weighted by molar-refractivity contribution is 8.00. The van der Waals surface area contributed by atoms with Crippen molar-refractivity contribution in [2.24, 2.45) is 0 Å². The topological polar surface area (TPSA) is 68.5 Å². The summed E-state index contributed by atoms with van der Waals surface area (Å²) in [7, 11) is 0. The highest BCUT2D eigenvalue weighted by atomic mass is 32.2. The predicted octanol–water partition coefficient (Wildman–Crippen LogP) is 4.49. The fourth-order valence-electron chi connectivity index (χ4n) is 2.71. The molecule has 0 saturated heterocycles. The van der Waals surface area contributed by atoms with Crippen molar-refractivity contribution in [3.05, 3.63) is 71.9 Å². The monoisotopic (exact) mass is 415 g/mol. The summed E-state index contributed by atoms with van der Waals surface area (Å²) < 4.78 is 24.1. The first-order chi connectivity index (χ1) is 14.1. The smallest absolute Gasteiger partial charge is 0.277 e. The SMILES string of the molecule is CCN(CC)C(=O)C(Sc1nnc(COc2ccc(F)cc2)o1)c1ccccc1. The first kappa shape index (κ1) is 20.9. The van der Waals surface area contributed by atoms with Crippen LogP contribution in [0.3, 0.4) is 0 Å². The van der Waals surface area contributed by atoms with Gasteiger partial charge in [-0.1, -0.05) is 30.3 Å². The van der Waals surface area contributed by atoms with Gasteiger partial charge >= 0.3 is 0 Å². The summed E-state index contributed by atoms with van der Waals surface area (Å²) in [6.07, 6.45) is 0. The van der Waals surface area contributed by atoms with E-state index < -0.39 is 5.25 Å². The second kappa shape index (κ2) is 10.1. The molecule has 3 rings (SSSR count). The van der Waals surface area contributed by atoms with E-state index >= 15 is 0 Å². The lowest BCUT2D eigenvalue weighted by Gasteiger charge is -2.24. The molecule has 3 aromatic rings. The van der Waals surface area contributed by atoms with Crippen molar-refractivity contribution in [2.75, 3.05) is 13.1 Å². The van der Waals surface area contributed by atoms with Crippen molar-refractivity contribution in [2.45, 2.75) is 30.9 Å². The molecule has 2 aromatic carbocycles. The maximum absolute atomic E-state index is 13.0. The molecule has 152 valence electrons. The largest absolute Gasteiger partial charge is 0.484 e. The van der Waals surface area contributed by atoms with Gasteiger partial charge in [0.15, 0.2) is 6.61 Å². The van der Waals surface area contributed by atoms with Crippen molar-refractivity contribution in [3.63, 3.8) is 0 Å². The van der Waals surface area contributed by atoms with Gasteiger partial charge in [0, 0.05) is 13.1 Å². The molecule has 0 aliphatic carbocycles. The summed E-state index contributed by atoms with van der Waals surface area (Å²) in [5.74, 6) is 0.434. The Morgan fingerprint density at radius 3 is 2.45 bits per heavy atom. The molecule has 0 radical (unpaired) electrons. The first-order valence-electron chi connectivity index (χ1n) is 9.31. The van der Waals surface area contributed by atoms with E-state index in [-0.39, 0.29) is 29.4 Å². The zero-order valence-electron chi connectivity index (χ0n) is 16.2. The third kappa shape index (κ3) is 5.57. The number of likely N-dealkylation sites (N-methyl/N-ethyl adjacent to an activating group) is 1. The Hall–Kier alpha value is -2.87. The highest BCUT2D eigenvalue weighted by Gasteiger charge is 2.28. The van der Waals surface area contributed by atoms with E-state index in [4.69, 9.17) is 9.15 Å². The Kier molecular flexibility index (Phi) is 7.24. The molecule has 8 heteroatoms. The van der Waals surface area contributed by atoms with Crippen LogP contribution in [0.5, 0.6) is 5.75 Å². The molecule has 0 aliphatic rings. The standard InChI is InChI=1S/C21H22FN3O3S/c1-3-25(4-2)20(26)19(15-8-6-5-7-9-15)29-21-24-23-18(28-21)14-27-17-12-10-16(22)11-13-17/h5-13,19H,3-4,14H2,1-2H3. The van der Waals surface area contributed by atoms with Gasteiger partial charge in [-0.15, -0.1) is 10.2 Å². The maximum atomic E-state index is 13.0. The number of rotatable bonds is 9. The number of aromatic nitrogens is 2. The molecule has 6 nitrogen and oxygen atoms in total. The molecule has 0 N–H and O–H groups in total. The quantitative estimate of drug-likeness (QED) is 0.480. The minimum atomic E-state index is -0.484. The molecule has 0 bridgehead atoms. The molecule has 0 fully saturated rings. The lowest BCUT2D eigenvalue weighted by molar-refractivity contribution is -0.130. The van der Waals surface area contributed by atoms with E-state index in [1.54, 1.807) is 4.90 Å². The average Bonchev–Trinajstić information content (AvgIpc) is 3.20. The maximum Gasteiger partial charge on any atom is 0.277 e. The van der Waals surface area contributed by atoms with Crippen LogP contribution in [-0.2, 0) is 11.4 Å². The Labute approximate surface area is 173 Å². The summed E-state index contributed by atoms with van der Waals surface area (Å²) in [5, 5.41) is 7.82. The van der Waals surface area contributed by atoms with Crippen LogP contribution in [0.15, 0.2) is 64.2 Å². The Balaban J connectivity index is 1.71. The molecule has 29 heavy (non-hydrogen) atoms. The Morgan fingerprint density at radius 2 is 1.79 bits per heavy atom. The summed E-state index contributed by atoms with van der Waals surface area (Å²) in [5.41, 5.74) is 0.872. The van der Waals surface area contributed by atoms with Crippen molar-refractivity contribution < 1.29 is 18.3 Å². The average molecular weight is 415 g/mol. The number of carbonyl (C=O) groups excluding carboxylic acids is 1. The van der Waals surface area contributed by atoms with Crippen molar-refractivity contribution in [3.8, 4) is 5.75 Å². The number of hydrogen-bond donors (Lipinski definition) is 0. The first-order valence-corrected chi connectivity index (χ1v) is 10.2. The molecule has 0 aliphatic heterocycles. The molecule has 0 spiro atoms. The van der Waals surface area contributed by atoms with E-state index in [0.717, 1.165) is 5.56 Å². The van der Waals surface area contributed by atoms with Gasteiger partial charge in [0.25, 0.3) is 11.1 Å². The molecule has 1 amide bonds. The fraction of sp³-hybridized carbons (Fsp3) is 0.286. The van der Waals surface area contributed by atoms with E-state index in [1.807, 2.05) is 44.2 Å². The normalized spacial score (nSPS) is 11.8. The van der Waals surface area contributed by atoms with Gasteiger partial charge < -0.3 is 14.1 Å². The molecule has 1 unspecified atom stereocenters. The number of thioether (sulfide) groups is 1. The fourth-order valence-corrected chi connectivity index (χ4v) is 3.69. The van der Waals surface area contributed by atoms with Gasteiger partial charge in [0.2, 0.25) is 5.91 Å². The summed E-state index contributed by atoms with van der Waals surface area (Å²) in [6, 6.07) is 15.2. The zero-order valence-corrected chi connectivity index (χ0v) is 17.1. The lowest BCUT2D eigenvalue weighted by Crippen LogP contribution is -2.33. The summed E-state index contributed by atoms with van der Waals surface area (Å²) in [4.78, 5) is 14.8. The number of halogens is 1. The second-order valence-corrected chi connectivity index (χ2v) is 7.18. The van der Waals surface area contributed by atoms with E-state index in [1.165, 1.54) is 36.0 Å². The molecular weight excluding hydrogens is 393 g/mol. The van der Waals surface area contributed by atoms with Crippen LogP contribution in [0.1, 0.15) is 30.6 Å². The van der Waals surface area contributed by atoms with Gasteiger partial charge in [0.1, 0.15) is 16.8 Å². The van der Waals surface area contributed by atoms with Crippen molar-refractivity contribution in [1.29, 1.82) is 0 Å². The molecule has 1 atom stereocenters. The lowest BCUT2D eigenvalue weighted by atomic mass is 10.1. The van der Waals surface area contributed by atoms with Crippen LogP contribution in [0.4, 0.5) is 4.39 Å². The highest BCUT2D eigenvalue weighted by Crippen LogP contribution is 2.36. The Bertz CT molecular complexity index is 914. The van der Waals surface area contributed by atoms with E-state index in [0.29, 0.717) is 18.8 Å². The molecule has 0 saturated carbocycles. The molecule has 1 heterocycles. The zero-order chi connectivity index (χ0) is 20.6. The van der Waals surface area contributed by atoms with Crippen LogP contribution in [0.2, 0.25) is 0 Å². The number of hydrogen-bond acceptors (Lipinski definition) is 6. The minimum Gasteiger partial charge on any atom is -0.484 e. The van der Waals surface area contributed by atoms with Gasteiger partial charge in [-0.3, -0.25) is 4.79 Å². The van der Waals surface area contributed by atoms with Gasteiger partial charge in [-0.05, 0) is 55.4 Å². The summed E-state index contributed by atoms with van der Waals surface area (Å²) in [6.45, 7) is 5.20. The predicted molar refractivity (Wildman–Crippen MR) is 108 cm³/mol. The number of nitrogens with zero attached hydrogens (tertiary/aromatic N) is 3. The number of ether oxygens (including phenoxy) is 1. The van der Waals surface area contributed by atoms with Crippen LogP contribution < -0.4 is 4.74 Å². The molecular formula is C21H22FN3O3S.